The highest BCUT2D eigenvalue weighted by molar-refractivity contribution is 7.86. The van der Waals surface area contributed by atoms with Gasteiger partial charge in [0.2, 0.25) is 0 Å². The van der Waals surface area contributed by atoms with Gasteiger partial charge in [-0.3, -0.25) is 0 Å². The third-order valence-electron chi connectivity index (χ3n) is 1.40. The summed E-state index contributed by atoms with van der Waals surface area (Å²) in [6.45, 7) is 2.10. The largest absolute Gasteiger partial charge is 0.327 e. The van der Waals surface area contributed by atoms with Crippen molar-refractivity contribution in [1.29, 1.82) is 0 Å². The second-order valence-corrected chi connectivity index (χ2v) is 5.30. The maximum absolute atomic E-state index is 11.4. The summed E-state index contributed by atoms with van der Waals surface area (Å²) in [5.74, 6) is 0. The Morgan fingerprint density at radius 3 is 2.00 bits per heavy atom. The number of nitrogens with zero attached hydrogens (tertiary/aromatic N) is 2. The van der Waals surface area contributed by atoms with Crippen LogP contribution in [0.1, 0.15) is 6.92 Å². The van der Waals surface area contributed by atoms with E-state index in [0.717, 1.165) is 4.31 Å². The van der Waals surface area contributed by atoms with Gasteiger partial charge in [0, 0.05) is 33.7 Å². The van der Waals surface area contributed by atoms with Gasteiger partial charge in [-0.05, 0) is 6.92 Å². The van der Waals surface area contributed by atoms with Crippen LogP contribution in [0.5, 0.6) is 0 Å². The number of hydrogen-bond donors (Lipinski definition) is 1. The maximum atomic E-state index is 11.4. The van der Waals surface area contributed by atoms with E-state index in [-0.39, 0.29) is 6.04 Å². The molecule has 0 saturated heterocycles. The van der Waals surface area contributed by atoms with Crippen LogP contribution in [0, 0.1) is 0 Å². The van der Waals surface area contributed by atoms with E-state index in [9.17, 15) is 8.42 Å². The molecule has 5 nitrogen and oxygen atoms in total. The topological polar surface area (TPSA) is 66.6 Å². The summed E-state index contributed by atoms with van der Waals surface area (Å²) >= 11 is 0. The Hall–Kier alpha value is -0.170. The quantitative estimate of drug-likeness (QED) is 0.630. The molecule has 0 rings (SSSR count). The molecule has 0 saturated carbocycles. The van der Waals surface area contributed by atoms with Gasteiger partial charge in [0.25, 0.3) is 10.2 Å². The van der Waals surface area contributed by atoms with E-state index < -0.39 is 10.2 Å². The van der Waals surface area contributed by atoms with Crippen LogP contribution in [-0.2, 0) is 10.2 Å². The van der Waals surface area contributed by atoms with Crippen LogP contribution in [-0.4, -0.2) is 50.8 Å². The van der Waals surface area contributed by atoms with E-state index in [0.29, 0.717) is 6.54 Å². The number of nitrogens with two attached hydrogens (primary N) is 1. The van der Waals surface area contributed by atoms with Gasteiger partial charge in [-0.25, -0.2) is 0 Å². The molecule has 0 aliphatic carbocycles. The number of rotatable bonds is 4. The monoisotopic (exact) mass is 195 g/mol. The molecule has 0 aromatic rings. The fourth-order valence-corrected chi connectivity index (χ4v) is 1.76. The van der Waals surface area contributed by atoms with Crippen LogP contribution in [0.2, 0.25) is 0 Å². The lowest BCUT2D eigenvalue weighted by Gasteiger charge is -2.22. The van der Waals surface area contributed by atoms with Crippen LogP contribution in [0.25, 0.3) is 0 Å². The first-order chi connectivity index (χ1) is 5.28. The van der Waals surface area contributed by atoms with Crippen LogP contribution in [0.15, 0.2) is 0 Å². The predicted octanol–water partition coefficient (Wildman–Crippen LogP) is -0.928. The highest BCUT2D eigenvalue weighted by Crippen LogP contribution is 2.00. The second-order valence-electron chi connectivity index (χ2n) is 3.05. The lowest BCUT2D eigenvalue weighted by atomic mass is 10.4. The average molecular weight is 195 g/mol. The molecular weight excluding hydrogens is 178 g/mol. The van der Waals surface area contributed by atoms with Gasteiger partial charge in [0.15, 0.2) is 0 Å². The molecule has 0 aromatic carbocycles. The Bertz CT molecular complexity index is 223. The SMILES string of the molecule is CC(N)CN(C)S(=O)(=O)N(C)C. The first-order valence-electron chi connectivity index (χ1n) is 3.68. The number of hydrogen-bond acceptors (Lipinski definition) is 3. The van der Waals surface area contributed by atoms with Gasteiger partial charge in [-0.2, -0.15) is 17.0 Å². The Morgan fingerprint density at radius 1 is 1.33 bits per heavy atom. The molecule has 1 atom stereocenters. The zero-order chi connectivity index (χ0) is 9.94. The third-order valence-corrected chi connectivity index (χ3v) is 3.26. The first kappa shape index (κ1) is 11.8. The van der Waals surface area contributed by atoms with Crippen LogP contribution in [0.3, 0.4) is 0 Å². The molecule has 0 aromatic heterocycles. The minimum Gasteiger partial charge on any atom is -0.327 e. The van der Waals surface area contributed by atoms with E-state index in [1.807, 2.05) is 0 Å². The molecule has 0 aliphatic rings. The molecule has 0 aliphatic heterocycles. The Labute approximate surface area is 74.3 Å². The van der Waals surface area contributed by atoms with Gasteiger partial charge in [-0.15, -0.1) is 0 Å². The minimum atomic E-state index is -3.29. The molecule has 0 fully saturated rings. The summed E-state index contributed by atoms with van der Waals surface area (Å²) in [6, 6.07) is -0.148. The molecule has 2 N–H and O–H groups in total. The summed E-state index contributed by atoms with van der Waals surface area (Å²) in [5, 5.41) is 0. The van der Waals surface area contributed by atoms with Gasteiger partial charge < -0.3 is 5.73 Å². The third kappa shape index (κ3) is 3.06. The lowest BCUT2D eigenvalue weighted by molar-refractivity contribution is 0.402. The molecule has 6 heteroatoms. The zero-order valence-electron chi connectivity index (χ0n) is 7.98. The second kappa shape index (κ2) is 4.18. The van der Waals surface area contributed by atoms with Gasteiger partial charge >= 0.3 is 0 Å². The van der Waals surface area contributed by atoms with Crippen molar-refractivity contribution in [2.24, 2.45) is 5.73 Å². The Kier molecular flexibility index (Phi) is 4.12. The average Bonchev–Trinajstić information content (AvgIpc) is 1.85. The summed E-state index contributed by atoms with van der Waals surface area (Å²) in [7, 11) is 1.21. The van der Waals surface area contributed by atoms with Crippen molar-refractivity contribution in [2.45, 2.75) is 13.0 Å². The summed E-state index contributed by atoms with van der Waals surface area (Å²) in [5.41, 5.74) is 5.47. The molecule has 12 heavy (non-hydrogen) atoms. The summed E-state index contributed by atoms with van der Waals surface area (Å²) in [6.07, 6.45) is 0. The van der Waals surface area contributed by atoms with Crippen molar-refractivity contribution in [3.8, 4) is 0 Å². The van der Waals surface area contributed by atoms with Crippen LogP contribution < -0.4 is 5.73 Å². The molecule has 1 unspecified atom stereocenters. The van der Waals surface area contributed by atoms with Gasteiger partial charge in [-0.1, -0.05) is 0 Å². The van der Waals surface area contributed by atoms with E-state index in [1.165, 1.54) is 25.4 Å². The fourth-order valence-electron chi connectivity index (χ4n) is 0.779. The van der Waals surface area contributed by atoms with Crippen molar-refractivity contribution in [2.75, 3.05) is 27.7 Å². The molecule has 0 bridgehead atoms. The van der Waals surface area contributed by atoms with Crippen LogP contribution in [0.4, 0.5) is 0 Å². The summed E-state index contributed by atoms with van der Waals surface area (Å²) < 4.78 is 25.1. The van der Waals surface area contributed by atoms with E-state index >= 15 is 0 Å². The van der Waals surface area contributed by atoms with Crippen molar-refractivity contribution in [3.05, 3.63) is 0 Å². The fraction of sp³-hybridized carbons (Fsp3) is 1.00. The molecular formula is C6H17N3O2S. The standard InChI is InChI=1S/C6H17N3O2S/c1-6(7)5-9(4)12(10,11)8(2)3/h6H,5,7H2,1-4H3. The van der Waals surface area contributed by atoms with E-state index in [2.05, 4.69) is 0 Å². The first-order valence-corrected chi connectivity index (χ1v) is 5.07. The van der Waals surface area contributed by atoms with Crippen molar-refractivity contribution < 1.29 is 8.42 Å². The number of likely N-dealkylation sites (N-methyl/N-ethyl adjacent to an activating group) is 1. The normalized spacial score (nSPS) is 15.6. The van der Waals surface area contributed by atoms with Crippen molar-refractivity contribution in [3.63, 3.8) is 0 Å². The van der Waals surface area contributed by atoms with Crippen LogP contribution >= 0.6 is 0 Å². The van der Waals surface area contributed by atoms with Crippen molar-refractivity contribution >= 4 is 10.2 Å². The molecule has 74 valence electrons. The summed E-state index contributed by atoms with van der Waals surface area (Å²) in [4.78, 5) is 0. The van der Waals surface area contributed by atoms with Crippen molar-refractivity contribution in [1.82, 2.24) is 8.61 Å². The predicted molar refractivity (Wildman–Crippen MR) is 48.9 cm³/mol. The smallest absolute Gasteiger partial charge is 0.281 e. The van der Waals surface area contributed by atoms with E-state index in [1.54, 1.807) is 6.92 Å². The molecule has 0 heterocycles. The lowest BCUT2D eigenvalue weighted by Crippen LogP contribution is -2.42. The molecule has 0 amide bonds. The maximum Gasteiger partial charge on any atom is 0.281 e. The highest BCUT2D eigenvalue weighted by atomic mass is 32.2. The van der Waals surface area contributed by atoms with E-state index in [4.69, 9.17) is 5.73 Å². The van der Waals surface area contributed by atoms with Gasteiger partial charge in [0.05, 0.1) is 0 Å². The highest BCUT2D eigenvalue weighted by Gasteiger charge is 2.20. The minimum absolute atomic E-state index is 0.148. The molecule has 0 spiro atoms. The zero-order valence-corrected chi connectivity index (χ0v) is 8.80. The van der Waals surface area contributed by atoms with Gasteiger partial charge in [0.1, 0.15) is 0 Å². The Balaban J connectivity index is 4.38. The Morgan fingerprint density at radius 2 is 1.75 bits per heavy atom. The molecule has 0 radical (unpaired) electrons.